The number of benzene rings is 2. The number of piperidine rings is 1. The lowest BCUT2D eigenvalue weighted by Gasteiger charge is -2.21. The second-order valence-corrected chi connectivity index (χ2v) is 5.67. The van der Waals surface area contributed by atoms with Crippen LogP contribution in [0.1, 0.15) is 29.5 Å². The predicted molar refractivity (Wildman–Crippen MR) is 86.0 cm³/mol. The summed E-state index contributed by atoms with van der Waals surface area (Å²) in [4.78, 5) is 0. The fourth-order valence-electron chi connectivity index (χ4n) is 3.01. The molecule has 2 aromatic rings. The van der Waals surface area contributed by atoms with Gasteiger partial charge in [0.25, 0.3) is 0 Å². The van der Waals surface area contributed by atoms with Crippen molar-refractivity contribution in [3.63, 3.8) is 0 Å². The molecule has 1 N–H and O–H groups in total. The summed E-state index contributed by atoms with van der Waals surface area (Å²) in [7, 11) is 0. The van der Waals surface area contributed by atoms with Gasteiger partial charge in [-0.1, -0.05) is 48.0 Å². The molecule has 23 heavy (non-hydrogen) atoms. The van der Waals surface area contributed by atoms with E-state index in [1.54, 1.807) is 6.07 Å². The topological polar surface area (TPSA) is 12.0 Å². The minimum absolute atomic E-state index is 0.599. The summed E-state index contributed by atoms with van der Waals surface area (Å²) >= 11 is 0. The fraction of sp³-hybridized carbons (Fsp3) is 0.263. The molecule has 0 radical (unpaired) electrons. The molecule has 3 rings (SSSR count). The maximum absolute atomic E-state index is 13.0. The second-order valence-electron chi connectivity index (χ2n) is 5.67. The SMILES string of the molecule is FC(F)(F)c1cccc(C(=C2CCNCC2)c2ccccc2)c1. The van der Waals surface area contributed by atoms with Crippen LogP contribution in [-0.4, -0.2) is 13.1 Å². The standard InChI is InChI=1S/C19H18F3N/c20-19(21,22)17-8-4-7-16(13-17)18(14-5-2-1-3-6-14)15-9-11-23-12-10-15/h1-8,13,23H,9-12H2. The van der Waals surface area contributed by atoms with Crippen molar-refractivity contribution in [3.05, 3.63) is 76.9 Å². The number of rotatable bonds is 2. The highest BCUT2D eigenvalue weighted by Gasteiger charge is 2.30. The van der Waals surface area contributed by atoms with Crippen LogP contribution in [0.2, 0.25) is 0 Å². The van der Waals surface area contributed by atoms with Crippen molar-refractivity contribution in [2.75, 3.05) is 13.1 Å². The van der Waals surface area contributed by atoms with Crippen LogP contribution in [0.4, 0.5) is 13.2 Å². The third-order valence-electron chi connectivity index (χ3n) is 4.10. The highest BCUT2D eigenvalue weighted by atomic mass is 19.4. The van der Waals surface area contributed by atoms with Gasteiger partial charge in [0, 0.05) is 0 Å². The van der Waals surface area contributed by atoms with Crippen molar-refractivity contribution in [1.29, 1.82) is 0 Å². The minimum Gasteiger partial charge on any atom is -0.316 e. The molecule has 1 nitrogen and oxygen atoms in total. The Balaban J connectivity index is 2.13. The third-order valence-corrected chi connectivity index (χ3v) is 4.10. The van der Waals surface area contributed by atoms with Gasteiger partial charge >= 0.3 is 6.18 Å². The van der Waals surface area contributed by atoms with Gasteiger partial charge in [-0.15, -0.1) is 0 Å². The molecular weight excluding hydrogens is 299 g/mol. The Hall–Kier alpha value is -2.07. The number of hydrogen-bond donors (Lipinski definition) is 1. The highest BCUT2D eigenvalue weighted by Crippen LogP contribution is 2.35. The first-order valence-electron chi connectivity index (χ1n) is 7.71. The van der Waals surface area contributed by atoms with Crippen molar-refractivity contribution in [1.82, 2.24) is 5.32 Å². The second kappa shape index (κ2) is 6.59. The Labute approximate surface area is 133 Å². The average molecular weight is 317 g/mol. The molecule has 1 heterocycles. The lowest BCUT2D eigenvalue weighted by atomic mass is 9.88. The molecule has 1 saturated heterocycles. The van der Waals surface area contributed by atoms with Gasteiger partial charge in [0.1, 0.15) is 0 Å². The zero-order valence-corrected chi connectivity index (χ0v) is 12.7. The van der Waals surface area contributed by atoms with E-state index in [0.29, 0.717) is 5.56 Å². The Morgan fingerprint density at radius 1 is 0.826 bits per heavy atom. The molecule has 120 valence electrons. The average Bonchev–Trinajstić information content (AvgIpc) is 2.57. The van der Waals surface area contributed by atoms with E-state index in [0.717, 1.165) is 43.1 Å². The monoisotopic (exact) mass is 317 g/mol. The van der Waals surface area contributed by atoms with E-state index in [-0.39, 0.29) is 0 Å². The molecule has 0 aliphatic carbocycles. The molecule has 0 aromatic heterocycles. The Bertz CT molecular complexity index is 694. The molecule has 0 spiro atoms. The normalized spacial score (nSPS) is 15.5. The van der Waals surface area contributed by atoms with E-state index in [1.165, 1.54) is 17.7 Å². The van der Waals surface area contributed by atoms with Crippen molar-refractivity contribution in [3.8, 4) is 0 Å². The first kappa shape index (κ1) is 15.8. The maximum Gasteiger partial charge on any atom is 0.416 e. The molecule has 0 bridgehead atoms. The van der Waals surface area contributed by atoms with Crippen LogP contribution in [0.3, 0.4) is 0 Å². The van der Waals surface area contributed by atoms with E-state index >= 15 is 0 Å². The molecule has 0 saturated carbocycles. The van der Waals surface area contributed by atoms with Crippen molar-refractivity contribution in [2.45, 2.75) is 19.0 Å². The van der Waals surface area contributed by atoms with Crippen molar-refractivity contribution < 1.29 is 13.2 Å². The van der Waals surface area contributed by atoms with Crippen LogP contribution in [-0.2, 0) is 6.18 Å². The largest absolute Gasteiger partial charge is 0.416 e. The van der Waals surface area contributed by atoms with E-state index < -0.39 is 11.7 Å². The first-order valence-corrected chi connectivity index (χ1v) is 7.71. The number of halogens is 3. The Morgan fingerprint density at radius 2 is 1.48 bits per heavy atom. The van der Waals surface area contributed by atoms with Crippen LogP contribution in [0.15, 0.2) is 60.2 Å². The zero-order valence-electron chi connectivity index (χ0n) is 12.7. The molecule has 0 unspecified atom stereocenters. The number of alkyl halides is 3. The molecule has 0 amide bonds. The lowest BCUT2D eigenvalue weighted by molar-refractivity contribution is -0.137. The quantitative estimate of drug-likeness (QED) is 0.831. The lowest BCUT2D eigenvalue weighted by Crippen LogP contribution is -2.23. The third kappa shape index (κ3) is 3.64. The van der Waals surface area contributed by atoms with Crippen molar-refractivity contribution >= 4 is 5.57 Å². The number of hydrogen-bond acceptors (Lipinski definition) is 1. The molecule has 4 heteroatoms. The minimum atomic E-state index is -4.32. The summed E-state index contributed by atoms with van der Waals surface area (Å²) in [6, 6.07) is 15.3. The first-order chi connectivity index (χ1) is 11.1. The Kier molecular flexibility index (Phi) is 4.53. The van der Waals surface area contributed by atoms with Crippen LogP contribution in [0.25, 0.3) is 5.57 Å². The Morgan fingerprint density at radius 3 is 2.13 bits per heavy atom. The molecule has 1 fully saturated rings. The van der Waals surface area contributed by atoms with Gasteiger partial charge in [0.05, 0.1) is 5.56 Å². The van der Waals surface area contributed by atoms with Gasteiger partial charge in [-0.05, 0) is 54.8 Å². The zero-order chi connectivity index (χ0) is 16.3. The summed E-state index contributed by atoms with van der Waals surface area (Å²) in [5.74, 6) is 0. The van der Waals surface area contributed by atoms with Crippen LogP contribution < -0.4 is 5.32 Å². The van der Waals surface area contributed by atoms with Crippen LogP contribution in [0, 0.1) is 0 Å². The van der Waals surface area contributed by atoms with Gasteiger partial charge in [-0.2, -0.15) is 13.2 Å². The molecule has 2 aromatic carbocycles. The van der Waals surface area contributed by atoms with E-state index in [1.807, 2.05) is 30.3 Å². The van der Waals surface area contributed by atoms with Gasteiger partial charge in [-0.3, -0.25) is 0 Å². The van der Waals surface area contributed by atoms with E-state index in [9.17, 15) is 13.2 Å². The van der Waals surface area contributed by atoms with Crippen LogP contribution in [0.5, 0.6) is 0 Å². The van der Waals surface area contributed by atoms with Gasteiger partial charge in [-0.25, -0.2) is 0 Å². The van der Waals surface area contributed by atoms with Gasteiger partial charge < -0.3 is 5.32 Å². The van der Waals surface area contributed by atoms with E-state index in [4.69, 9.17) is 0 Å². The molecule has 0 atom stereocenters. The summed E-state index contributed by atoms with van der Waals surface area (Å²) in [6.07, 6.45) is -2.60. The van der Waals surface area contributed by atoms with Gasteiger partial charge in [0.2, 0.25) is 0 Å². The molecule has 1 aliphatic rings. The predicted octanol–water partition coefficient (Wildman–Crippen LogP) is 4.89. The summed E-state index contributed by atoms with van der Waals surface area (Å²) in [5.41, 5.74) is 3.18. The van der Waals surface area contributed by atoms with Gasteiger partial charge in [0.15, 0.2) is 0 Å². The van der Waals surface area contributed by atoms with E-state index in [2.05, 4.69) is 5.32 Å². The van der Waals surface area contributed by atoms with Crippen LogP contribution >= 0.6 is 0 Å². The molecular formula is C19H18F3N. The smallest absolute Gasteiger partial charge is 0.316 e. The fourth-order valence-corrected chi connectivity index (χ4v) is 3.01. The maximum atomic E-state index is 13.0. The number of nitrogens with one attached hydrogen (secondary N) is 1. The molecule has 1 aliphatic heterocycles. The highest BCUT2D eigenvalue weighted by molar-refractivity contribution is 5.82. The summed E-state index contributed by atoms with van der Waals surface area (Å²) in [5, 5.41) is 3.29. The van der Waals surface area contributed by atoms with Crippen molar-refractivity contribution in [2.24, 2.45) is 0 Å². The summed E-state index contributed by atoms with van der Waals surface area (Å²) < 4.78 is 39.1. The summed E-state index contributed by atoms with van der Waals surface area (Å²) in [6.45, 7) is 1.73.